The van der Waals surface area contributed by atoms with Gasteiger partial charge in [0.2, 0.25) is 5.95 Å². The van der Waals surface area contributed by atoms with Crippen LogP contribution in [0.15, 0.2) is 6.33 Å². The summed E-state index contributed by atoms with van der Waals surface area (Å²) in [7, 11) is 0. The van der Waals surface area contributed by atoms with Gasteiger partial charge in [-0.15, -0.1) is 0 Å². The first kappa shape index (κ1) is 12.2. The molecule has 1 aliphatic rings. The summed E-state index contributed by atoms with van der Waals surface area (Å²) in [5.74, 6) is 1.52. The minimum Gasteiger partial charge on any atom is -0.377 e. The number of ether oxygens (including phenoxy) is 1. The summed E-state index contributed by atoms with van der Waals surface area (Å²) in [4.78, 5) is 18.6. The smallest absolute Gasteiger partial charge is 0.226 e. The van der Waals surface area contributed by atoms with E-state index >= 15 is 0 Å². The Labute approximate surface area is 111 Å². The first-order valence-electron chi connectivity index (χ1n) is 6.59. The van der Waals surface area contributed by atoms with Crippen molar-refractivity contribution in [1.29, 1.82) is 0 Å². The van der Waals surface area contributed by atoms with Gasteiger partial charge in [0.25, 0.3) is 0 Å². The number of rotatable bonds is 3. The van der Waals surface area contributed by atoms with Gasteiger partial charge in [0.15, 0.2) is 11.5 Å². The molecule has 1 aliphatic heterocycles. The molecule has 7 nitrogen and oxygen atoms in total. The molecule has 1 saturated heterocycles. The third-order valence-electron chi connectivity index (χ3n) is 3.24. The van der Waals surface area contributed by atoms with Crippen LogP contribution in [0.2, 0.25) is 0 Å². The zero-order valence-electron chi connectivity index (χ0n) is 11.2. The van der Waals surface area contributed by atoms with E-state index in [1.54, 1.807) is 6.33 Å². The summed E-state index contributed by atoms with van der Waals surface area (Å²) in [5, 5.41) is 3.15. The number of H-pyrrole nitrogens is 1. The average Bonchev–Trinajstić information content (AvgIpc) is 2.87. The van der Waals surface area contributed by atoms with Gasteiger partial charge in [-0.05, 0) is 13.8 Å². The van der Waals surface area contributed by atoms with E-state index in [1.165, 1.54) is 0 Å². The first-order valence-corrected chi connectivity index (χ1v) is 6.59. The Bertz CT molecular complexity index is 568. The first-order chi connectivity index (χ1) is 9.29. The van der Waals surface area contributed by atoms with Gasteiger partial charge in [-0.3, -0.25) is 0 Å². The number of morpholine rings is 1. The maximum Gasteiger partial charge on any atom is 0.226 e. The molecule has 3 heterocycles. The van der Waals surface area contributed by atoms with E-state index in [1.807, 2.05) is 6.92 Å². The van der Waals surface area contributed by atoms with Crippen molar-refractivity contribution in [2.45, 2.75) is 19.9 Å². The van der Waals surface area contributed by atoms with E-state index < -0.39 is 0 Å². The SMILES string of the molecule is CCNc1nc(N2CCOCC2C)c2[nH]cnc2n1. The summed E-state index contributed by atoms with van der Waals surface area (Å²) >= 11 is 0. The Morgan fingerprint density at radius 1 is 1.53 bits per heavy atom. The molecule has 7 heteroatoms. The molecule has 0 amide bonds. The summed E-state index contributed by atoms with van der Waals surface area (Å²) in [6.45, 7) is 7.22. The molecular weight excluding hydrogens is 244 g/mol. The van der Waals surface area contributed by atoms with Crippen molar-refractivity contribution < 1.29 is 4.74 Å². The minimum atomic E-state index is 0.296. The second-order valence-electron chi connectivity index (χ2n) is 4.62. The molecule has 2 aromatic heterocycles. The van der Waals surface area contributed by atoms with Gasteiger partial charge in [0.1, 0.15) is 5.52 Å². The molecule has 0 aromatic carbocycles. The number of imidazole rings is 1. The molecule has 19 heavy (non-hydrogen) atoms. The van der Waals surface area contributed by atoms with Crippen molar-refractivity contribution in [3.8, 4) is 0 Å². The highest BCUT2D eigenvalue weighted by Crippen LogP contribution is 2.25. The van der Waals surface area contributed by atoms with Gasteiger partial charge in [-0.25, -0.2) is 4.98 Å². The lowest BCUT2D eigenvalue weighted by molar-refractivity contribution is 0.0987. The Hall–Kier alpha value is -1.89. The number of anilines is 2. The molecule has 1 atom stereocenters. The normalized spacial score (nSPS) is 19.9. The lowest BCUT2D eigenvalue weighted by Crippen LogP contribution is -2.44. The van der Waals surface area contributed by atoms with Gasteiger partial charge in [0.05, 0.1) is 25.6 Å². The highest BCUT2D eigenvalue weighted by atomic mass is 16.5. The van der Waals surface area contributed by atoms with Crippen LogP contribution in [-0.4, -0.2) is 52.3 Å². The number of nitrogens with zero attached hydrogens (tertiary/aromatic N) is 4. The second kappa shape index (κ2) is 5.00. The van der Waals surface area contributed by atoms with Crippen molar-refractivity contribution >= 4 is 22.9 Å². The molecule has 0 bridgehead atoms. The van der Waals surface area contributed by atoms with E-state index in [4.69, 9.17) is 4.74 Å². The molecule has 102 valence electrons. The van der Waals surface area contributed by atoms with Crippen LogP contribution in [-0.2, 0) is 4.74 Å². The van der Waals surface area contributed by atoms with Crippen LogP contribution in [0, 0.1) is 0 Å². The summed E-state index contributed by atoms with van der Waals surface area (Å²) in [6.07, 6.45) is 1.66. The highest BCUT2D eigenvalue weighted by molar-refractivity contribution is 5.84. The zero-order chi connectivity index (χ0) is 13.2. The van der Waals surface area contributed by atoms with Crippen molar-refractivity contribution in [3.05, 3.63) is 6.33 Å². The van der Waals surface area contributed by atoms with Crippen LogP contribution in [0.25, 0.3) is 11.2 Å². The van der Waals surface area contributed by atoms with E-state index in [0.29, 0.717) is 17.6 Å². The lowest BCUT2D eigenvalue weighted by atomic mass is 10.2. The van der Waals surface area contributed by atoms with E-state index in [2.05, 4.69) is 37.1 Å². The molecule has 1 fully saturated rings. The largest absolute Gasteiger partial charge is 0.377 e. The number of hydrogen-bond donors (Lipinski definition) is 2. The lowest BCUT2D eigenvalue weighted by Gasteiger charge is -2.34. The van der Waals surface area contributed by atoms with Gasteiger partial charge >= 0.3 is 0 Å². The average molecular weight is 262 g/mol. The number of aromatic nitrogens is 4. The molecular formula is C12H18N6O. The van der Waals surface area contributed by atoms with Crippen LogP contribution in [0.1, 0.15) is 13.8 Å². The fourth-order valence-corrected chi connectivity index (χ4v) is 2.30. The van der Waals surface area contributed by atoms with Crippen molar-refractivity contribution in [2.24, 2.45) is 0 Å². The van der Waals surface area contributed by atoms with Crippen molar-refractivity contribution in [3.63, 3.8) is 0 Å². The van der Waals surface area contributed by atoms with E-state index in [0.717, 1.165) is 37.6 Å². The van der Waals surface area contributed by atoms with Gasteiger partial charge < -0.3 is 19.9 Å². The van der Waals surface area contributed by atoms with E-state index in [-0.39, 0.29) is 0 Å². The van der Waals surface area contributed by atoms with Gasteiger partial charge in [0, 0.05) is 13.1 Å². The van der Waals surface area contributed by atoms with Crippen LogP contribution in [0.5, 0.6) is 0 Å². The Morgan fingerprint density at radius 3 is 3.21 bits per heavy atom. The third kappa shape index (κ3) is 2.21. The van der Waals surface area contributed by atoms with Crippen molar-refractivity contribution in [1.82, 2.24) is 19.9 Å². The van der Waals surface area contributed by atoms with Crippen LogP contribution in [0.3, 0.4) is 0 Å². The summed E-state index contributed by atoms with van der Waals surface area (Å²) < 4.78 is 5.48. The van der Waals surface area contributed by atoms with Crippen molar-refractivity contribution in [2.75, 3.05) is 36.5 Å². The minimum absolute atomic E-state index is 0.296. The molecule has 2 N–H and O–H groups in total. The summed E-state index contributed by atoms with van der Waals surface area (Å²) in [6, 6.07) is 0.296. The Balaban J connectivity index is 2.06. The molecule has 3 rings (SSSR count). The van der Waals surface area contributed by atoms with Gasteiger partial charge in [-0.2, -0.15) is 9.97 Å². The number of hydrogen-bond acceptors (Lipinski definition) is 6. The molecule has 1 unspecified atom stereocenters. The quantitative estimate of drug-likeness (QED) is 0.859. The predicted octanol–water partition coefficient (Wildman–Crippen LogP) is 1.01. The Morgan fingerprint density at radius 2 is 2.42 bits per heavy atom. The zero-order valence-corrected chi connectivity index (χ0v) is 11.2. The maximum atomic E-state index is 5.48. The van der Waals surface area contributed by atoms with Crippen LogP contribution < -0.4 is 10.2 Å². The fraction of sp³-hybridized carbons (Fsp3) is 0.583. The summed E-state index contributed by atoms with van der Waals surface area (Å²) in [5.41, 5.74) is 1.58. The van der Waals surface area contributed by atoms with Gasteiger partial charge in [-0.1, -0.05) is 0 Å². The molecule has 2 aromatic rings. The molecule has 0 aliphatic carbocycles. The molecule has 0 spiro atoms. The number of nitrogens with one attached hydrogen (secondary N) is 2. The Kier molecular flexibility index (Phi) is 3.20. The fourth-order valence-electron chi connectivity index (χ4n) is 2.30. The third-order valence-corrected chi connectivity index (χ3v) is 3.24. The maximum absolute atomic E-state index is 5.48. The standard InChI is InChI=1S/C12H18N6O/c1-3-13-12-16-10-9(14-7-15-10)11(17-12)18-4-5-19-6-8(18)2/h7-8H,3-6H2,1-2H3,(H2,13,14,15,16,17). The molecule has 0 saturated carbocycles. The number of fused-ring (bicyclic) bond motifs is 1. The van der Waals surface area contributed by atoms with Crippen LogP contribution in [0.4, 0.5) is 11.8 Å². The number of aromatic amines is 1. The van der Waals surface area contributed by atoms with E-state index in [9.17, 15) is 0 Å². The molecule has 0 radical (unpaired) electrons. The topological polar surface area (TPSA) is 79.0 Å². The predicted molar refractivity (Wildman–Crippen MR) is 73.5 cm³/mol. The van der Waals surface area contributed by atoms with Crippen LogP contribution >= 0.6 is 0 Å². The highest BCUT2D eigenvalue weighted by Gasteiger charge is 2.23. The monoisotopic (exact) mass is 262 g/mol. The second-order valence-corrected chi connectivity index (χ2v) is 4.62.